The molecule has 1 saturated carbocycles. The highest BCUT2D eigenvalue weighted by Crippen LogP contribution is 2.65. The lowest BCUT2D eigenvalue weighted by Gasteiger charge is -2.56. The predicted octanol–water partition coefficient (Wildman–Crippen LogP) is 4.06. The Morgan fingerprint density at radius 1 is 1.18 bits per heavy atom. The van der Waals surface area contributed by atoms with Gasteiger partial charge in [0.25, 0.3) is 0 Å². The molecule has 0 aromatic carbocycles. The molecule has 0 radical (unpaired) electrons. The van der Waals surface area contributed by atoms with Crippen LogP contribution < -0.4 is 0 Å². The van der Waals surface area contributed by atoms with Gasteiger partial charge in [0, 0.05) is 12.3 Å². The zero-order valence-corrected chi connectivity index (χ0v) is 20.1. The number of fused-ring (bicyclic) bond motifs is 5. The van der Waals surface area contributed by atoms with Gasteiger partial charge in [0.1, 0.15) is 6.10 Å². The van der Waals surface area contributed by atoms with Crippen LogP contribution in [0.2, 0.25) is 0 Å². The second-order valence-corrected chi connectivity index (χ2v) is 11.3. The number of carbonyl (C=O) groups excluding carboxylic acids is 2. The summed E-state index contributed by atoms with van der Waals surface area (Å²) in [5, 5.41) is 20.1. The number of rotatable bonds is 3. The number of allylic oxidation sites excluding steroid dienone is 3. The standard InChI is InChI=1S/C28H36O5/c1-15-13-24(33-26(32)18(15)14-29)16(2)19-7-8-20-17-5-6-22-23(30)9-10-25(31)28(22,4)21(17)11-12-27(19,20)3/h6-7,9-10,16-17,20-21,23-24,29-30H,5,8,11-14H2,1-4H3/t16-,17-,20-,21-,23-,24+,27+,28+/m0/s1. The van der Waals surface area contributed by atoms with E-state index in [4.69, 9.17) is 4.74 Å². The van der Waals surface area contributed by atoms with Gasteiger partial charge in [-0.1, -0.05) is 37.1 Å². The lowest BCUT2D eigenvalue weighted by atomic mass is 9.47. The summed E-state index contributed by atoms with van der Waals surface area (Å²) in [6.07, 6.45) is 11.4. The van der Waals surface area contributed by atoms with E-state index in [0.717, 1.165) is 36.8 Å². The number of cyclic esters (lactones) is 1. The fourth-order valence-electron chi connectivity index (χ4n) is 8.06. The van der Waals surface area contributed by atoms with Crippen LogP contribution in [-0.2, 0) is 14.3 Å². The van der Waals surface area contributed by atoms with Crippen LogP contribution in [-0.4, -0.2) is 40.8 Å². The lowest BCUT2D eigenvalue weighted by molar-refractivity contribution is -0.148. The fourth-order valence-corrected chi connectivity index (χ4v) is 8.06. The maximum absolute atomic E-state index is 13.1. The molecule has 0 bridgehead atoms. The Bertz CT molecular complexity index is 1020. The van der Waals surface area contributed by atoms with Gasteiger partial charge in [-0.05, 0) is 80.4 Å². The second-order valence-electron chi connectivity index (χ2n) is 11.3. The van der Waals surface area contributed by atoms with E-state index >= 15 is 0 Å². The maximum atomic E-state index is 13.1. The number of aliphatic hydroxyl groups is 2. The van der Waals surface area contributed by atoms with Crippen molar-refractivity contribution >= 4 is 11.8 Å². The van der Waals surface area contributed by atoms with Gasteiger partial charge in [0.05, 0.1) is 23.7 Å². The summed E-state index contributed by atoms with van der Waals surface area (Å²) in [5.74, 6) is 0.952. The Kier molecular flexibility index (Phi) is 5.37. The molecule has 1 fully saturated rings. The van der Waals surface area contributed by atoms with Gasteiger partial charge in [-0.3, -0.25) is 4.79 Å². The molecule has 33 heavy (non-hydrogen) atoms. The zero-order valence-electron chi connectivity index (χ0n) is 20.1. The van der Waals surface area contributed by atoms with E-state index in [1.165, 1.54) is 5.57 Å². The predicted molar refractivity (Wildman–Crippen MR) is 125 cm³/mol. The fraction of sp³-hybridized carbons (Fsp3) is 0.643. The first kappa shape index (κ1) is 22.8. The molecule has 2 N–H and O–H groups in total. The first-order valence-electron chi connectivity index (χ1n) is 12.4. The van der Waals surface area contributed by atoms with E-state index in [2.05, 4.69) is 32.9 Å². The molecule has 5 rings (SSSR count). The van der Waals surface area contributed by atoms with Crippen LogP contribution in [0.5, 0.6) is 0 Å². The van der Waals surface area contributed by atoms with Crippen LogP contribution in [0.4, 0.5) is 0 Å². The lowest BCUT2D eigenvalue weighted by Crippen LogP contribution is -2.53. The van der Waals surface area contributed by atoms with Crippen LogP contribution in [0.1, 0.15) is 59.8 Å². The summed E-state index contributed by atoms with van der Waals surface area (Å²) >= 11 is 0. The molecule has 0 saturated heterocycles. The van der Waals surface area contributed by atoms with Crippen molar-refractivity contribution in [1.29, 1.82) is 0 Å². The van der Waals surface area contributed by atoms with Gasteiger partial charge in [0.15, 0.2) is 5.78 Å². The van der Waals surface area contributed by atoms with Crippen molar-refractivity contribution in [3.8, 4) is 0 Å². The van der Waals surface area contributed by atoms with Crippen molar-refractivity contribution in [2.75, 3.05) is 6.61 Å². The van der Waals surface area contributed by atoms with Crippen molar-refractivity contribution in [1.82, 2.24) is 0 Å². The number of aliphatic hydroxyl groups excluding tert-OH is 2. The largest absolute Gasteiger partial charge is 0.458 e. The van der Waals surface area contributed by atoms with Crippen LogP contribution in [0.3, 0.4) is 0 Å². The van der Waals surface area contributed by atoms with Crippen LogP contribution >= 0.6 is 0 Å². The van der Waals surface area contributed by atoms with Gasteiger partial charge in [-0.15, -0.1) is 0 Å². The quantitative estimate of drug-likeness (QED) is 0.498. The minimum atomic E-state index is -0.652. The van der Waals surface area contributed by atoms with Crippen LogP contribution in [0.15, 0.2) is 46.6 Å². The van der Waals surface area contributed by atoms with Gasteiger partial charge in [-0.25, -0.2) is 4.79 Å². The maximum Gasteiger partial charge on any atom is 0.336 e. The average Bonchev–Trinajstić information content (AvgIpc) is 3.13. The average molecular weight is 453 g/mol. The number of carbonyl (C=O) groups is 2. The molecule has 5 heteroatoms. The number of esters is 1. The topological polar surface area (TPSA) is 83.8 Å². The van der Waals surface area contributed by atoms with E-state index in [1.54, 1.807) is 12.2 Å². The molecule has 0 unspecified atom stereocenters. The molecule has 5 aliphatic rings. The smallest absolute Gasteiger partial charge is 0.336 e. The summed E-state index contributed by atoms with van der Waals surface area (Å²) in [6.45, 7) is 8.24. The molecule has 1 heterocycles. The Balaban J connectivity index is 1.41. The van der Waals surface area contributed by atoms with Crippen molar-refractivity contribution in [2.45, 2.75) is 72.0 Å². The third-order valence-electron chi connectivity index (χ3n) is 10.0. The molecular formula is C28H36O5. The minimum absolute atomic E-state index is 0.0236. The normalized spacial score (nSPS) is 43.3. The molecule has 0 spiro atoms. The van der Waals surface area contributed by atoms with E-state index in [-0.39, 0.29) is 41.7 Å². The van der Waals surface area contributed by atoms with E-state index < -0.39 is 11.5 Å². The Morgan fingerprint density at radius 3 is 2.64 bits per heavy atom. The number of ether oxygens (including phenoxy) is 1. The molecule has 4 aliphatic carbocycles. The molecular weight excluding hydrogens is 416 g/mol. The number of hydrogen-bond acceptors (Lipinski definition) is 5. The highest BCUT2D eigenvalue weighted by molar-refractivity contribution is 5.99. The van der Waals surface area contributed by atoms with Gasteiger partial charge in [-0.2, -0.15) is 0 Å². The molecule has 0 aromatic rings. The van der Waals surface area contributed by atoms with Gasteiger partial charge >= 0.3 is 5.97 Å². The zero-order chi connectivity index (χ0) is 23.7. The monoisotopic (exact) mass is 452 g/mol. The Hall–Kier alpha value is -1.98. The van der Waals surface area contributed by atoms with E-state index in [1.807, 2.05) is 6.92 Å². The second kappa shape index (κ2) is 7.78. The molecule has 0 aromatic heterocycles. The third kappa shape index (κ3) is 3.11. The summed E-state index contributed by atoms with van der Waals surface area (Å²) in [6, 6.07) is 0. The van der Waals surface area contributed by atoms with Gasteiger partial charge < -0.3 is 14.9 Å². The van der Waals surface area contributed by atoms with Crippen molar-refractivity contribution in [3.05, 3.63) is 46.6 Å². The van der Waals surface area contributed by atoms with E-state index in [9.17, 15) is 19.8 Å². The van der Waals surface area contributed by atoms with E-state index in [0.29, 0.717) is 23.8 Å². The van der Waals surface area contributed by atoms with Crippen molar-refractivity contribution < 1.29 is 24.5 Å². The van der Waals surface area contributed by atoms with Crippen molar-refractivity contribution in [2.24, 2.45) is 34.5 Å². The highest BCUT2D eigenvalue weighted by Gasteiger charge is 2.59. The van der Waals surface area contributed by atoms with Crippen LogP contribution in [0, 0.1) is 34.5 Å². The third-order valence-corrected chi connectivity index (χ3v) is 10.0. The minimum Gasteiger partial charge on any atom is -0.458 e. The summed E-state index contributed by atoms with van der Waals surface area (Å²) in [5.41, 5.74) is 3.03. The SMILES string of the molecule is CC1=C(CO)C(=O)O[C@@H]([C@@H](C)C2=CC[C@H]3[C@@H]4CC=C5[C@@H](O)C=CC(=O)[C@]5(C)[C@H]4CC[C@]23C)C1. The highest BCUT2D eigenvalue weighted by atomic mass is 16.5. The first-order valence-corrected chi connectivity index (χ1v) is 12.4. The van der Waals surface area contributed by atoms with Gasteiger partial charge in [0.2, 0.25) is 0 Å². The molecule has 1 aliphatic heterocycles. The summed E-state index contributed by atoms with van der Waals surface area (Å²) in [7, 11) is 0. The molecule has 8 atom stereocenters. The number of ketones is 1. The first-order chi connectivity index (χ1) is 15.6. The molecule has 5 nitrogen and oxygen atoms in total. The Labute approximate surface area is 196 Å². The Morgan fingerprint density at radius 2 is 1.94 bits per heavy atom. The number of hydrogen-bond donors (Lipinski definition) is 2. The van der Waals surface area contributed by atoms with Crippen molar-refractivity contribution in [3.63, 3.8) is 0 Å². The molecule has 0 amide bonds. The molecule has 178 valence electrons. The summed E-state index contributed by atoms with van der Waals surface area (Å²) < 4.78 is 5.79. The summed E-state index contributed by atoms with van der Waals surface area (Å²) in [4.78, 5) is 25.5. The van der Waals surface area contributed by atoms with Crippen LogP contribution in [0.25, 0.3) is 0 Å².